The monoisotopic (exact) mass is 469 g/mol. The molecule has 170 valence electrons. The minimum Gasteiger partial charge on any atom is -0.345 e. The maximum atomic E-state index is 12.7. The zero-order chi connectivity index (χ0) is 23.3. The van der Waals surface area contributed by atoms with Crippen molar-refractivity contribution in [1.82, 2.24) is 25.0 Å². The number of benzene rings is 1. The van der Waals surface area contributed by atoms with Crippen LogP contribution in [0.25, 0.3) is 11.3 Å². The molecule has 0 spiro atoms. The molecule has 0 atom stereocenters. The number of rotatable bonds is 8. The average Bonchev–Trinajstić information content (AvgIpc) is 3.13. The van der Waals surface area contributed by atoms with Crippen molar-refractivity contribution < 1.29 is 22.5 Å². The summed E-state index contributed by atoms with van der Waals surface area (Å²) in [6.07, 6.45) is -5.77. The predicted octanol–water partition coefficient (Wildman–Crippen LogP) is 3.46. The second-order valence-electron chi connectivity index (χ2n) is 6.97. The van der Waals surface area contributed by atoms with E-state index in [9.17, 15) is 22.8 Å². The second-order valence-corrected chi connectivity index (χ2v) is 7.41. The number of hydrogen-bond acceptors (Lipinski definition) is 6. The van der Waals surface area contributed by atoms with Gasteiger partial charge in [-0.2, -0.15) is 18.2 Å². The van der Waals surface area contributed by atoms with Gasteiger partial charge >= 0.3 is 6.18 Å². The number of carbonyl (C=O) groups is 1. The lowest BCUT2D eigenvalue weighted by atomic mass is 10.1. The first-order valence-corrected chi connectivity index (χ1v) is 9.98. The van der Waals surface area contributed by atoms with E-state index < -0.39 is 30.6 Å². The fourth-order valence-corrected chi connectivity index (χ4v) is 3.04. The van der Waals surface area contributed by atoms with Crippen molar-refractivity contribution in [3.63, 3.8) is 0 Å². The van der Waals surface area contributed by atoms with Gasteiger partial charge in [-0.25, -0.2) is 4.98 Å². The summed E-state index contributed by atoms with van der Waals surface area (Å²) >= 11 is 5.88. The summed E-state index contributed by atoms with van der Waals surface area (Å²) in [5.41, 5.74) is 0.300. The van der Waals surface area contributed by atoms with Gasteiger partial charge in [0.2, 0.25) is 11.8 Å². The van der Waals surface area contributed by atoms with E-state index in [2.05, 4.69) is 20.4 Å². The highest BCUT2D eigenvalue weighted by atomic mass is 35.5. The molecule has 8 nitrogen and oxygen atoms in total. The molecular weight excluding hydrogens is 451 g/mol. The fourth-order valence-electron chi connectivity index (χ4n) is 2.91. The molecule has 0 bridgehead atoms. The highest BCUT2D eigenvalue weighted by molar-refractivity contribution is 6.30. The highest BCUT2D eigenvalue weighted by Gasteiger charge is 2.26. The van der Waals surface area contributed by atoms with Crippen molar-refractivity contribution in [2.75, 3.05) is 0 Å². The molecule has 3 rings (SSSR count). The van der Waals surface area contributed by atoms with Gasteiger partial charge in [0.15, 0.2) is 5.82 Å². The lowest BCUT2D eigenvalue weighted by Gasteiger charge is -2.14. The molecule has 0 aliphatic carbocycles. The summed E-state index contributed by atoms with van der Waals surface area (Å²) in [6, 6.07) is 7.74. The molecule has 1 amide bonds. The van der Waals surface area contributed by atoms with Crippen molar-refractivity contribution in [3.8, 4) is 11.3 Å². The third kappa shape index (κ3) is 6.64. The lowest BCUT2D eigenvalue weighted by molar-refractivity contribution is -0.135. The Labute approximate surface area is 185 Å². The van der Waals surface area contributed by atoms with Crippen LogP contribution in [0.15, 0.2) is 39.6 Å². The molecule has 3 aromatic rings. The minimum absolute atomic E-state index is 0.0475. The normalized spacial score (nSPS) is 11.5. The Bertz CT molecular complexity index is 1140. The first-order chi connectivity index (χ1) is 15.1. The molecule has 0 fully saturated rings. The Hall–Kier alpha value is -3.21. The van der Waals surface area contributed by atoms with Crippen molar-refractivity contribution >= 4 is 17.5 Å². The van der Waals surface area contributed by atoms with Crippen LogP contribution in [0.4, 0.5) is 13.2 Å². The largest absolute Gasteiger partial charge is 0.389 e. The number of carbonyl (C=O) groups excluding carboxylic acids is 1. The van der Waals surface area contributed by atoms with E-state index in [1.807, 2.05) is 0 Å². The van der Waals surface area contributed by atoms with Crippen LogP contribution in [0.3, 0.4) is 0 Å². The third-order valence-corrected chi connectivity index (χ3v) is 4.65. The Morgan fingerprint density at radius 1 is 1.22 bits per heavy atom. The topological polar surface area (TPSA) is 103 Å². The molecule has 1 aromatic carbocycles. The van der Waals surface area contributed by atoms with E-state index in [4.69, 9.17) is 16.1 Å². The molecule has 2 heterocycles. The molecule has 0 aliphatic heterocycles. The van der Waals surface area contributed by atoms with Gasteiger partial charge in [0, 0.05) is 29.5 Å². The SMILES string of the molecule is Cc1noc(CNC(=O)Cn2c(CCCC(F)(F)F)nc(-c3ccc(Cl)cc3)cc2=O)n1. The molecule has 0 radical (unpaired) electrons. The first kappa shape index (κ1) is 23.5. The maximum absolute atomic E-state index is 12.7. The molecule has 32 heavy (non-hydrogen) atoms. The van der Waals surface area contributed by atoms with Crippen LogP contribution >= 0.6 is 11.6 Å². The van der Waals surface area contributed by atoms with Crippen molar-refractivity contribution in [1.29, 1.82) is 0 Å². The zero-order valence-corrected chi connectivity index (χ0v) is 17.7. The van der Waals surface area contributed by atoms with Gasteiger partial charge in [-0.3, -0.25) is 14.2 Å². The number of amides is 1. The Kier molecular flexibility index (Phi) is 7.29. The van der Waals surface area contributed by atoms with Gasteiger partial charge in [-0.1, -0.05) is 28.9 Å². The summed E-state index contributed by atoms with van der Waals surface area (Å²) in [5, 5.41) is 6.62. The summed E-state index contributed by atoms with van der Waals surface area (Å²) in [5.74, 6) is 0.112. The van der Waals surface area contributed by atoms with Crippen LogP contribution < -0.4 is 10.9 Å². The highest BCUT2D eigenvalue weighted by Crippen LogP contribution is 2.23. The standard InChI is InChI=1S/C20H19ClF3N5O3/c1-12-26-18(32-28-12)10-25-17(30)11-29-16(3-2-8-20(22,23)24)27-15(9-19(29)31)13-4-6-14(21)7-5-13/h4-7,9H,2-3,8,10-11H2,1H3,(H,25,30). The second kappa shape index (κ2) is 9.94. The number of alkyl halides is 3. The summed E-state index contributed by atoms with van der Waals surface area (Å²) in [4.78, 5) is 33.4. The van der Waals surface area contributed by atoms with Gasteiger partial charge in [0.1, 0.15) is 12.4 Å². The fraction of sp³-hybridized carbons (Fsp3) is 0.350. The molecule has 1 N–H and O–H groups in total. The van der Waals surface area contributed by atoms with Crippen LogP contribution in [-0.4, -0.2) is 31.8 Å². The lowest BCUT2D eigenvalue weighted by Crippen LogP contribution is -2.34. The molecule has 0 unspecified atom stereocenters. The smallest absolute Gasteiger partial charge is 0.345 e. The Morgan fingerprint density at radius 3 is 2.56 bits per heavy atom. The Morgan fingerprint density at radius 2 is 1.94 bits per heavy atom. The van der Waals surface area contributed by atoms with Crippen LogP contribution in [0.2, 0.25) is 5.02 Å². The number of aryl methyl sites for hydroxylation is 2. The van der Waals surface area contributed by atoms with E-state index in [0.29, 0.717) is 16.4 Å². The van der Waals surface area contributed by atoms with Gasteiger partial charge in [-0.15, -0.1) is 0 Å². The number of nitrogens with zero attached hydrogens (tertiary/aromatic N) is 4. The van der Waals surface area contributed by atoms with Crippen molar-refractivity contribution in [3.05, 3.63) is 63.2 Å². The summed E-state index contributed by atoms with van der Waals surface area (Å²) < 4.78 is 43.8. The molecule has 0 saturated heterocycles. The number of hydrogen-bond donors (Lipinski definition) is 1. The number of aromatic nitrogens is 4. The molecule has 12 heteroatoms. The summed E-state index contributed by atoms with van der Waals surface area (Å²) in [6.45, 7) is 1.16. The van der Waals surface area contributed by atoms with Gasteiger partial charge in [0.05, 0.1) is 12.2 Å². The van der Waals surface area contributed by atoms with Crippen molar-refractivity contribution in [2.45, 2.75) is 45.5 Å². The zero-order valence-electron chi connectivity index (χ0n) is 16.9. The van der Waals surface area contributed by atoms with Crippen molar-refractivity contribution in [2.24, 2.45) is 0 Å². The molecule has 0 saturated carbocycles. The first-order valence-electron chi connectivity index (χ1n) is 9.60. The Balaban J connectivity index is 1.82. The minimum atomic E-state index is -4.33. The van der Waals surface area contributed by atoms with E-state index in [-0.39, 0.29) is 36.8 Å². The van der Waals surface area contributed by atoms with Gasteiger partial charge in [0.25, 0.3) is 5.56 Å². The third-order valence-electron chi connectivity index (χ3n) is 4.40. The molecular formula is C20H19ClF3N5O3. The van der Waals surface area contributed by atoms with Gasteiger partial charge < -0.3 is 9.84 Å². The van der Waals surface area contributed by atoms with E-state index in [1.165, 1.54) is 6.07 Å². The van der Waals surface area contributed by atoms with Crippen LogP contribution in [0, 0.1) is 6.92 Å². The number of halogens is 4. The summed E-state index contributed by atoms with van der Waals surface area (Å²) in [7, 11) is 0. The quantitative estimate of drug-likeness (QED) is 0.542. The van der Waals surface area contributed by atoms with Crippen LogP contribution in [-0.2, 0) is 24.3 Å². The van der Waals surface area contributed by atoms with E-state index in [0.717, 1.165) is 4.57 Å². The number of nitrogens with one attached hydrogen (secondary N) is 1. The molecule has 2 aromatic heterocycles. The maximum Gasteiger partial charge on any atom is 0.389 e. The predicted molar refractivity (Wildman–Crippen MR) is 109 cm³/mol. The van der Waals surface area contributed by atoms with Gasteiger partial charge in [-0.05, 0) is 25.5 Å². The van der Waals surface area contributed by atoms with E-state index >= 15 is 0 Å². The van der Waals surface area contributed by atoms with Crippen LogP contribution in [0.1, 0.15) is 30.4 Å². The average molecular weight is 470 g/mol. The van der Waals surface area contributed by atoms with Crippen LogP contribution in [0.5, 0.6) is 0 Å². The molecule has 0 aliphatic rings. The van der Waals surface area contributed by atoms with E-state index in [1.54, 1.807) is 31.2 Å².